The molecule has 0 saturated carbocycles. The van der Waals surface area contributed by atoms with Gasteiger partial charge in [-0.1, -0.05) is 36.4 Å². The highest BCUT2D eigenvalue weighted by Crippen LogP contribution is 2.30. The minimum atomic E-state index is -0.679. The lowest BCUT2D eigenvalue weighted by molar-refractivity contribution is -0.148. The molecule has 3 nitrogen and oxygen atoms in total. The maximum Gasteiger partial charge on any atom is 0.309 e. The second-order valence-electron chi connectivity index (χ2n) is 5.27. The minimum Gasteiger partial charge on any atom is -0.481 e. The Morgan fingerprint density at radius 2 is 1.89 bits per heavy atom. The lowest BCUT2D eigenvalue weighted by Gasteiger charge is -2.41. The van der Waals surface area contributed by atoms with Gasteiger partial charge < -0.3 is 5.11 Å². The summed E-state index contributed by atoms with van der Waals surface area (Å²) in [7, 11) is 0. The van der Waals surface area contributed by atoms with E-state index in [1.165, 1.54) is 16.3 Å². The van der Waals surface area contributed by atoms with E-state index in [9.17, 15) is 4.79 Å². The van der Waals surface area contributed by atoms with Crippen LogP contribution in [0.5, 0.6) is 0 Å². The Morgan fingerprint density at radius 1 is 1.21 bits per heavy atom. The summed E-state index contributed by atoms with van der Waals surface area (Å²) in [5.74, 6) is -0.870. The average molecular weight is 255 g/mol. The molecule has 98 valence electrons. The first-order valence-corrected chi connectivity index (χ1v) is 6.60. The van der Waals surface area contributed by atoms with Crippen LogP contribution in [0.1, 0.15) is 18.5 Å². The van der Waals surface area contributed by atoms with E-state index < -0.39 is 5.97 Å². The molecule has 3 rings (SSSR count). The van der Waals surface area contributed by atoms with E-state index in [1.807, 2.05) is 12.1 Å². The van der Waals surface area contributed by atoms with Crippen molar-refractivity contribution in [3.05, 3.63) is 48.0 Å². The largest absolute Gasteiger partial charge is 0.481 e. The third-order valence-corrected chi connectivity index (χ3v) is 4.06. The van der Waals surface area contributed by atoms with Crippen LogP contribution in [-0.2, 0) is 4.79 Å². The molecule has 0 bridgehead atoms. The summed E-state index contributed by atoms with van der Waals surface area (Å²) in [6, 6.07) is 15.1. The van der Waals surface area contributed by atoms with Gasteiger partial charge in [-0.3, -0.25) is 9.69 Å². The van der Waals surface area contributed by atoms with Gasteiger partial charge in [0.05, 0.1) is 5.92 Å². The van der Waals surface area contributed by atoms with Crippen LogP contribution in [0.2, 0.25) is 0 Å². The molecule has 0 aromatic heterocycles. The molecule has 0 aliphatic carbocycles. The monoisotopic (exact) mass is 255 g/mol. The maximum atomic E-state index is 10.8. The zero-order valence-corrected chi connectivity index (χ0v) is 10.9. The first kappa shape index (κ1) is 12.2. The number of carbonyl (C=O) groups is 1. The standard InChI is InChI=1S/C16H17NO2/c1-11(17-9-15(10-17)16(18)19)13-7-6-12-4-2-3-5-14(12)8-13/h2-8,11,15H,9-10H2,1H3,(H,18,19). The number of aliphatic carboxylic acids is 1. The van der Waals surface area contributed by atoms with Gasteiger partial charge in [0, 0.05) is 19.1 Å². The molecule has 1 N–H and O–H groups in total. The van der Waals surface area contributed by atoms with E-state index in [0.29, 0.717) is 13.1 Å². The highest BCUT2D eigenvalue weighted by Gasteiger charge is 2.35. The van der Waals surface area contributed by atoms with Crippen LogP contribution in [0.3, 0.4) is 0 Å². The van der Waals surface area contributed by atoms with Gasteiger partial charge in [-0.15, -0.1) is 0 Å². The number of likely N-dealkylation sites (tertiary alicyclic amines) is 1. The lowest BCUT2D eigenvalue weighted by atomic mass is 9.94. The molecular weight excluding hydrogens is 238 g/mol. The lowest BCUT2D eigenvalue weighted by Crippen LogP contribution is -2.51. The Hall–Kier alpha value is -1.87. The molecular formula is C16H17NO2. The topological polar surface area (TPSA) is 40.5 Å². The molecule has 2 aromatic carbocycles. The fourth-order valence-corrected chi connectivity index (χ4v) is 2.66. The van der Waals surface area contributed by atoms with Gasteiger partial charge in [-0.2, -0.15) is 0 Å². The third kappa shape index (κ3) is 2.22. The molecule has 1 atom stereocenters. The summed E-state index contributed by atoms with van der Waals surface area (Å²) < 4.78 is 0. The van der Waals surface area contributed by atoms with E-state index in [0.717, 1.165) is 0 Å². The van der Waals surface area contributed by atoms with Crippen LogP contribution < -0.4 is 0 Å². The zero-order chi connectivity index (χ0) is 13.4. The predicted octanol–water partition coefficient (Wildman–Crippen LogP) is 2.92. The van der Waals surface area contributed by atoms with Crippen molar-refractivity contribution in [1.82, 2.24) is 4.90 Å². The summed E-state index contributed by atoms with van der Waals surface area (Å²) in [5.41, 5.74) is 1.25. The summed E-state index contributed by atoms with van der Waals surface area (Å²) in [5, 5.41) is 11.4. The number of nitrogens with zero attached hydrogens (tertiary/aromatic N) is 1. The van der Waals surface area contributed by atoms with Gasteiger partial charge >= 0.3 is 5.97 Å². The number of rotatable bonds is 3. The van der Waals surface area contributed by atoms with Gasteiger partial charge in [-0.25, -0.2) is 0 Å². The third-order valence-electron chi connectivity index (χ3n) is 4.06. The van der Waals surface area contributed by atoms with Crippen molar-refractivity contribution in [1.29, 1.82) is 0 Å². The van der Waals surface area contributed by atoms with Crippen molar-refractivity contribution >= 4 is 16.7 Å². The second kappa shape index (κ2) is 4.67. The molecule has 19 heavy (non-hydrogen) atoms. The number of hydrogen-bond acceptors (Lipinski definition) is 2. The Morgan fingerprint density at radius 3 is 2.58 bits per heavy atom. The van der Waals surface area contributed by atoms with Crippen LogP contribution in [0.4, 0.5) is 0 Å². The normalized spacial score (nSPS) is 18.2. The number of carboxylic acids is 1. The number of carboxylic acid groups (broad SMARTS) is 1. The molecule has 0 amide bonds. The van der Waals surface area contributed by atoms with Crippen LogP contribution in [0.25, 0.3) is 10.8 Å². The molecule has 1 fully saturated rings. The van der Waals surface area contributed by atoms with Crippen LogP contribution >= 0.6 is 0 Å². The van der Waals surface area contributed by atoms with Gasteiger partial charge in [0.2, 0.25) is 0 Å². The first-order chi connectivity index (χ1) is 9.15. The fourth-order valence-electron chi connectivity index (χ4n) is 2.66. The van der Waals surface area contributed by atoms with Crippen LogP contribution in [-0.4, -0.2) is 29.1 Å². The van der Waals surface area contributed by atoms with Gasteiger partial charge in [-0.05, 0) is 29.3 Å². The van der Waals surface area contributed by atoms with Gasteiger partial charge in [0.1, 0.15) is 0 Å². The van der Waals surface area contributed by atoms with Gasteiger partial charge in [0.15, 0.2) is 0 Å². The first-order valence-electron chi connectivity index (χ1n) is 6.60. The predicted molar refractivity (Wildman–Crippen MR) is 75.1 cm³/mol. The minimum absolute atomic E-state index is 0.192. The summed E-state index contributed by atoms with van der Waals surface area (Å²) in [4.78, 5) is 13.0. The quantitative estimate of drug-likeness (QED) is 0.916. The van der Waals surface area contributed by atoms with E-state index in [4.69, 9.17) is 5.11 Å². The van der Waals surface area contributed by atoms with Crippen molar-refractivity contribution in [2.75, 3.05) is 13.1 Å². The Kier molecular flexibility index (Phi) is 2.99. The number of fused-ring (bicyclic) bond motifs is 1. The molecule has 1 heterocycles. The second-order valence-corrected chi connectivity index (χ2v) is 5.27. The van der Waals surface area contributed by atoms with E-state index >= 15 is 0 Å². The summed E-state index contributed by atoms with van der Waals surface area (Å²) in [6.07, 6.45) is 0. The molecule has 1 saturated heterocycles. The van der Waals surface area contributed by atoms with E-state index in [1.54, 1.807) is 0 Å². The number of benzene rings is 2. The Labute approximate surface area is 112 Å². The SMILES string of the molecule is CC(c1ccc2ccccc2c1)N1CC(C(=O)O)C1. The maximum absolute atomic E-state index is 10.8. The Bertz CT molecular complexity index is 617. The van der Waals surface area contributed by atoms with Crippen molar-refractivity contribution in [2.45, 2.75) is 13.0 Å². The van der Waals surface area contributed by atoms with E-state index in [2.05, 4.69) is 42.2 Å². The Balaban J connectivity index is 1.79. The van der Waals surface area contributed by atoms with E-state index in [-0.39, 0.29) is 12.0 Å². The fraction of sp³-hybridized carbons (Fsp3) is 0.312. The van der Waals surface area contributed by atoms with Gasteiger partial charge in [0.25, 0.3) is 0 Å². The van der Waals surface area contributed by atoms with Crippen molar-refractivity contribution in [2.24, 2.45) is 5.92 Å². The van der Waals surface area contributed by atoms with Crippen molar-refractivity contribution < 1.29 is 9.90 Å². The van der Waals surface area contributed by atoms with Crippen LogP contribution in [0.15, 0.2) is 42.5 Å². The smallest absolute Gasteiger partial charge is 0.309 e. The zero-order valence-electron chi connectivity index (χ0n) is 10.9. The highest BCUT2D eigenvalue weighted by molar-refractivity contribution is 5.83. The number of hydrogen-bond donors (Lipinski definition) is 1. The van der Waals surface area contributed by atoms with Crippen molar-refractivity contribution in [3.63, 3.8) is 0 Å². The molecule has 1 aliphatic heterocycles. The molecule has 3 heteroatoms. The molecule has 0 radical (unpaired) electrons. The van der Waals surface area contributed by atoms with Crippen molar-refractivity contribution in [3.8, 4) is 0 Å². The summed E-state index contributed by atoms with van der Waals surface area (Å²) >= 11 is 0. The molecule has 0 spiro atoms. The molecule has 1 aliphatic rings. The van der Waals surface area contributed by atoms with Crippen LogP contribution in [0, 0.1) is 5.92 Å². The molecule has 2 aromatic rings. The average Bonchev–Trinajstić information content (AvgIpc) is 2.35. The molecule has 1 unspecified atom stereocenters. The summed E-state index contributed by atoms with van der Waals surface area (Å²) in [6.45, 7) is 3.45. The highest BCUT2D eigenvalue weighted by atomic mass is 16.4.